The molecule has 0 aliphatic carbocycles. The Bertz CT molecular complexity index is 339. The standard InChI is InChI=1S/C11H21N5/c1-5-8(2)7-16(4)10-6-9(13-3)14-11(12)15-10/h6,8H,5,7H2,1-4H3,(H3,12,13,14,15). The topological polar surface area (TPSA) is 67.1 Å². The van der Waals surface area contributed by atoms with E-state index in [4.69, 9.17) is 5.73 Å². The van der Waals surface area contributed by atoms with Crippen LogP contribution in [-0.2, 0) is 0 Å². The first-order valence-electron chi connectivity index (χ1n) is 5.60. The van der Waals surface area contributed by atoms with Gasteiger partial charge in [-0.05, 0) is 5.92 Å². The normalized spacial score (nSPS) is 12.2. The number of nitrogens with one attached hydrogen (secondary N) is 1. The molecule has 0 aliphatic rings. The number of aromatic nitrogens is 2. The molecule has 0 aliphatic heterocycles. The third-order valence-electron chi connectivity index (χ3n) is 2.66. The fraction of sp³-hybridized carbons (Fsp3) is 0.636. The van der Waals surface area contributed by atoms with E-state index in [0.717, 1.165) is 24.6 Å². The quantitative estimate of drug-likeness (QED) is 0.793. The van der Waals surface area contributed by atoms with Crippen molar-refractivity contribution in [2.75, 3.05) is 36.6 Å². The second-order valence-electron chi connectivity index (χ2n) is 4.11. The molecule has 16 heavy (non-hydrogen) atoms. The zero-order valence-corrected chi connectivity index (χ0v) is 10.5. The maximum atomic E-state index is 5.65. The lowest BCUT2D eigenvalue weighted by atomic mass is 10.1. The van der Waals surface area contributed by atoms with Crippen LogP contribution < -0.4 is 16.0 Å². The lowest BCUT2D eigenvalue weighted by Gasteiger charge is -2.22. The van der Waals surface area contributed by atoms with Gasteiger partial charge in [0.2, 0.25) is 5.95 Å². The Morgan fingerprint density at radius 2 is 2.19 bits per heavy atom. The van der Waals surface area contributed by atoms with Crippen LogP contribution in [0.1, 0.15) is 20.3 Å². The second-order valence-corrected chi connectivity index (χ2v) is 4.11. The van der Waals surface area contributed by atoms with Crippen LogP contribution in [0.4, 0.5) is 17.6 Å². The number of rotatable bonds is 5. The van der Waals surface area contributed by atoms with Crippen molar-refractivity contribution >= 4 is 17.6 Å². The van der Waals surface area contributed by atoms with Gasteiger partial charge in [0.1, 0.15) is 11.6 Å². The predicted octanol–water partition coefficient (Wildman–Crippen LogP) is 1.58. The highest BCUT2D eigenvalue weighted by atomic mass is 15.2. The van der Waals surface area contributed by atoms with Crippen LogP contribution in [-0.4, -0.2) is 30.6 Å². The molecule has 1 rings (SSSR count). The van der Waals surface area contributed by atoms with Gasteiger partial charge in [-0.2, -0.15) is 9.97 Å². The number of nitrogens with zero attached hydrogens (tertiary/aromatic N) is 3. The van der Waals surface area contributed by atoms with Gasteiger partial charge in [0, 0.05) is 26.7 Å². The Morgan fingerprint density at radius 1 is 1.50 bits per heavy atom. The lowest BCUT2D eigenvalue weighted by Crippen LogP contribution is -2.25. The zero-order chi connectivity index (χ0) is 12.1. The molecule has 1 aromatic rings. The maximum absolute atomic E-state index is 5.65. The summed E-state index contributed by atoms with van der Waals surface area (Å²) < 4.78 is 0. The molecule has 0 aromatic carbocycles. The highest BCUT2D eigenvalue weighted by molar-refractivity contribution is 5.51. The van der Waals surface area contributed by atoms with Gasteiger partial charge in [0.15, 0.2) is 0 Å². The first-order valence-corrected chi connectivity index (χ1v) is 5.60. The summed E-state index contributed by atoms with van der Waals surface area (Å²) in [5.74, 6) is 2.55. The van der Waals surface area contributed by atoms with Crippen molar-refractivity contribution in [3.63, 3.8) is 0 Å². The molecule has 1 atom stereocenters. The smallest absolute Gasteiger partial charge is 0.223 e. The highest BCUT2D eigenvalue weighted by Crippen LogP contribution is 2.17. The van der Waals surface area contributed by atoms with E-state index in [9.17, 15) is 0 Å². The monoisotopic (exact) mass is 223 g/mol. The zero-order valence-electron chi connectivity index (χ0n) is 10.5. The van der Waals surface area contributed by atoms with Crippen LogP contribution in [0, 0.1) is 5.92 Å². The van der Waals surface area contributed by atoms with Gasteiger partial charge in [-0.3, -0.25) is 0 Å². The molecule has 3 N–H and O–H groups in total. The molecule has 90 valence electrons. The van der Waals surface area contributed by atoms with Gasteiger partial charge in [-0.25, -0.2) is 0 Å². The molecule has 5 heteroatoms. The van der Waals surface area contributed by atoms with Crippen LogP contribution in [0.5, 0.6) is 0 Å². The molecule has 0 spiro atoms. The fourth-order valence-electron chi connectivity index (χ4n) is 1.47. The molecule has 0 amide bonds. The molecule has 0 saturated carbocycles. The summed E-state index contributed by atoms with van der Waals surface area (Å²) >= 11 is 0. The minimum atomic E-state index is 0.304. The molecule has 0 radical (unpaired) electrons. The van der Waals surface area contributed by atoms with Crippen molar-refractivity contribution in [3.05, 3.63) is 6.07 Å². The van der Waals surface area contributed by atoms with Crippen LogP contribution in [0.3, 0.4) is 0 Å². The van der Waals surface area contributed by atoms with E-state index in [0.29, 0.717) is 11.9 Å². The van der Waals surface area contributed by atoms with Gasteiger partial charge >= 0.3 is 0 Å². The molecular weight excluding hydrogens is 202 g/mol. The van der Waals surface area contributed by atoms with E-state index in [1.807, 2.05) is 20.2 Å². The molecule has 0 saturated heterocycles. The molecule has 1 unspecified atom stereocenters. The van der Waals surface area contributed by atoms with E-state index >= 15 is 0 Å². The third kappa shape index (κ3) is 3.25. The number of nitrogens with two attached hydrogens (primary N) is 1. The van der Waals surface area contributed by atoms with E-state index in [-0.39, 0.29) is 0 Å². The van der Waals surface area contributed by atoms with Gasteiger partial charge < -0.3 is 16.0 Å². The Morgan fingerprint density at radius 3 is 2.75 bits per heavy atom. The summed E-state index contributed by atoms with van der Waals surface area (Å²) in [7, 11) is 3.84. The molecular formula is C11H21N5. The van der Waals surface area contributed by atoms with E-state index in [1.54, 1.807) is 0 Å². The van der Waals surface area contributed by atoms with Crippen molar-refractivity contribution in [1.29, 1.82) is 0 Å². The number of hydrogen-bond donors (Lipinski definition) is 2. The summed E-state index contributed by atoms with van der Waals surface area (Å²) in [6.07, 6.45) is 1.16. The van der Waals surface area contributed by atoms with Crippen LogP contribution in [0.25, 0.3) is 0 Å². The Hall–Kier alpha value is -1.52. The number of anilines is 3. The lowest BCUT2D eigenvalue weighted by molar-refractivity contribution is 0.557. The number of nitrogen functional groups attached to an aromatic ring is 1. The van der Waals surface area contributed by atoms with Crippen molar-refractivity contribution in [2.24, 2.45) is 5.92 Å². The van der Waals surface area contributed by atoms with Crippen molar-refractivity contribution in [2.45, 2.75) is 20.3 Å². The summed E-state index contributed by atoms with van der Waals surface area (Å²) in [5, 5.41) is 2.97. The van der Waals surface area contributed by atoms with E-state index < -0.39 is 0 Å². The minimum Gasteiger partial charge on any atom is -0.373 e. The number of hydrogen-bond acceptors (Lipinski definition) is 5. The first-order chi connectivity index (χ1) is 7.56. The SMILES string of the molecule is CCC(C)CN(C)c1cc(NC)nc(N)n1. The van der Waals surface area contributed by atoms with Crippen molar-refractivity contribution in [1.82, 2.24) is 9.97 Å². The predicted molar refractivity (Wildman–Crippen MR) is 68.7 cm³/mol. The van der Waals surface area contributed by atoms with Gasteiger partial charge in [-0.1, -0.05) is 20.3 Å². The van der Waals surface area contributed by atoms with E-state index in [1.165, 1.54) is 0 Å². The van der Waals surface area contributed by atoms with Gasteiger partial charge in [-0.15, -0.1) is 0 Å². The van der Waals surface area contributed by atoms with Gasteiger partial charge in [0.25, 0.3) is 0 Å². The summed E-state index contributed by atoms with van der Waals surface area (Å²) in [6, 6.07) is 1.90. The average Bonchev–Trinajstić information content (AvgIpc) is 2.27. The second kappa shape index (κ2) is 5.53. The highest BCUT2D eigenvalue weighted by Gasteiger charge is 2.09. The fourth-order valence-corrected chi connectivity index (χ4v) is 1.47. The van der Waals surface area contributed by atoms with Gasteiger partial charge in [0.05, 0.1) is 0 Å². The molecule has 0 bridgehead atoms. The molecule has 1 aromatic heterocycles. The van der Waals surface area contributed by atoms with Crippen LogP contribution in [0.15, 0.2) is 6.07 Å². The Labute approximate surface area is 97.1 Å². The maximum Gasteiger partial charge on any atom is 0.223 e. The Balaban J connectivity index is 2.82. The van der Waals surface area contributed by atoms with Crippen LogP contribution >= 0.6 is 0 Å². The Kier molecular flexibility index (Phi) is 4.34. The van der Waals surface area contributed by atoms with Crippen molar-refractivity contribution in [3.8, 4) is 0 Å². The van der Waals surface area contributed by atoms with Crippen molar-refractivity contribution < 1.29 is 0 Å². The average molecular weight is 223 g/mol. The summed E-state index contributed by atoms with van der Waals surface area (Å²) in [5.41, 5.74) is 5.65. The summed E-state index contributed by atoms with van der Waals surface area (Å²) in [6.45, 7) is 5.38. The minimum absolute atomic E-state index is 0.304. The largest absolute Gasteiger partial charge is 0.373 e. The van der Waals surface area contributed by atoms with Crippen LogP contribution in [0.2, 0.25) is 0 Å². The first kappa shape index (κ1) is 12.5. The molecule has 5 nitrogen and oxygen atoms in total. The molecule has 1 heterocycles. The summed E-state index contributed by atoms with van der Waals surface area (Å²) in [4.78, 5) is 10.4. The van der Waals surface area contributed by atoms with E-state index in [2.05, 4.69) is 34.0 Å². The third-order valence-corrected chi connectivity index (χ3v) is 2.66. The molecule has 0 fully saturated rings.